The number of pyridine rings is 1. The number of benzene rings is 1. The summed E-state index contributed by atoms with van der Waals surface area (Å²) in [6, 6.07) is 7.78. The van der Waals surface area contributed by atoms with E-state index in [-0.39, 0.29) is 0 Å². The Morgan fingerprint density at radius 2 is 2.11 bits per heavy atom. The maximum absolute atomic E-state index is 10.2. The van der Waals surface area contributed by atoms with E-state index in [2.05, 4.69) is 4.98 Å². The lowest BCUT2D eigenvalue weighted by Crippen LogP contribution is -2.46. The SMILES string of the molecule is COc1c2c(nc3ccccc13)OC(C)(C)[C@H](O)C2. The highest BCUT2D eigenvalue weighted by Crippen LogP contribution is 2.40. The number of nitrogens with zero attached hydrogens (tertiary/aromatic N) is 1. The van der Waals surface area contributed by atoms with E-state index in [1.165, 1.54) is 0 Å². The van der Waals surface area contributed by atoms with Crippen LogP contribution < -0.4 is 9.47 Å². The molecule has 1 aromatic carbocycles. The van der Waals surface area contributed by atoms with Crippen LogP contribution in [0.5, 0.6) is 11.6 Å². The third kappa shape index (κ3) is 1.83. The standard InChI is InChI=1S/C15H17NO3/c1-15(2)12(17)8-10-13(18-3)9-6-4-5-7-11(9)16-14(10)19-15/h4-7,12,17H,8H2,1-3H3/t12-/m1/s1. The molecule has 0 amide bonds. The minimum absolute atomic E-state index is 0.489. The van der Waals surface area contributed by atoms with Crippen LogP contribution in [0.2, 0.25) is 0 Å². The summed E-state index contributed by atoms with van der Waals surface area (Å²) in [7, 11) is 1.63. The zero-order valence-electron chi connectivity index (χ0n) is 11.3. The number of aromatic nitrogens is 1. The Balaban J connectivity index is 2.27. The first-order chi connectivity index (χ1) is 9.03. The first kappa shape index (κ1) is 12.2. The van der Waals surface area contributed by atoms with Gasteiger partial charge in [0.25, 0.3) is 0 Å². The van der Waals surface area contributed by atoms with E-state index >= 15 is 0 Å². The van der Waals surface area contributed by atoms with E-state index in [9.17, 15) is 5.11 Å². The van der Waals surface area contributed by atoms with E-state index < -0.39 is 11.7 Å². The summed E-state index contributed by atoms with van der Waals surface area (Å²) in [4.78, 5) is 4.54. The van der Waals surface area contributed by atoms with Gasteiger partial charge in [0.15, 0.2) is 0 Å². The Labute approximate surface area is 112 Å². The number of rotatable bonds is 1. The molecule has 0 radical (unpaired) electrons. The summed E-state index contributed by atoms with van der Waals surface area (Å²) in [6.07, 6.45) is -0.0829. The highest BCUT2D eigenvalue weighted by atomic mass is 16.5. The van der Waals surface area contributed by atoms with Gasteiger partial charge >= 0.3 is 0 Å². The molecule has 0 aliphatic carbocycles. The zero-order valence-corrected chi connectivity index (χ0v) is 11.3. The van der Waals surface area contributed by atoms with Gasteiger partial charge < -0.3 is 14.6 Å². The van der Waals surface area contributed by atoms with Crippen molar-refractivity contribution in [2.75, 3.05) is 7.11 Å². The van der Waals surface area contributed by atoms with Gasteiger partial charge in [-0.15, -0.1) is 0 Å². The number of aliphatic hydroxyl groups excluding tert-OH is 1. The molecule has 0 unspecified atom stereocenters. The topological polar surface area (TPSA) is 51.6 Å². The molecule has 1 aliphatic rings. The molecule has 0 saturated carbocycles. The second-order valence-corrected chi connectivity index (χ2v) is 5.37. The second kappa shape index (κ2) is 4.10. The number of methoxy groups -OCH3 is 1. The average molecular weight is 259 g/mol. The van der Waals surface area contributed by atoms with Crippen LogP contribution in [0, 0.1) is 0 Å². The van der Waals surface area contributed by atoms with Crippen LogP contribution in [0.25, 0.3) is 10.9 Å². The fourth-order valence-electron chi connectivity index (χ4n) is 2.45. The number of hydrogen-bond donors (Lipinski definition) is 1. The molecule has 3 rings (SSSR count). The summed E-state index contributed by atoms with van der Waals surface area (Å²) in [5.74, 6) is 1.31. The van der Waals surface area contributed by atoms with E-state index in [1.807, 2.05) is 38.1 Å². The molecule has 1 atom stereocenters. The first-order valence-corrected chi connectivity index (χ1v) is 6.35. The molecule has 0 bridgehead atoms. The molecule has 4 nitrogen and oxygen atoms in total. The lowest BCUT2D eigenvalue weighted by Gasteiger charge is -2.36. The molecule has 2 aromatic rings. The molecule has 1 N–H and O–H groups in total. The molecular weight excluding hydrogens is 242 g/mol. The van der Waals surface area contributed by atoms with Gasteiger partial charge in [-0.25, -0.2) is 4.98 Å². The quantitative estimate of drug-likeness (QED) is 0.854. The molecule has 0 saturated heterocycles. The van der Waals surface area contributed by atoms with Gasteiger partial charge in [-0.3, -0.25) is 0 Å². The Bertz CT molecular complexity index is 637. The maximum Gasteiger partial charge on any atom is 0.221 e. The van der Waals surface area contributed by atoms with Gasteiger partial charge in [0.1, 0.15) is 11.4 Å². The van der Waals surface area contributed by atoms with Crippen LogP contribution >= 0.6 is 0 Å². The van der Waals surface area contributed by atoms with Crippen LogP contribution in [0.15, 0.2) is 24.3 Å². The predicted molar refractivity (Wildman–Crippen MR) is 72.7 cm³/mol. The molecule has 1 aliphatic heterocycles. The van der Waals surface area contributed by atoms with Crippen molar-refractivity contribution in [2.24, 2.45) is 0 Å². The van der Waals surface area contributed by atoms with Crippen LogP contribution in [0.1, 0.15) is 19.4 Å². The molecule has 19 heavy (non-hydrogen) atoms. The zero-order chi connectivity index (χ0) is 13.6. The van der Waals surface area contributed by atoms with Crippen LogP contribution in [-0.4, -0.2) is 28.9 Å². The van der Waals surface area contributed by atoms with E-state index in [4.69, 9.17) is 9.47 Å². The molecule has 1 aromatic heterocycles. The van der Waals surface area contributed by atoms with Gasteiger partial charge in [-0.05, 0) is 26.0 Å². The van der Waals surface area contributed by atoms with Crippen molar-refractivity contribution in [1.29, 1.82) is 0 Å². The number of ether oxygens (including phenoxy) is 2. The Hall–Kier alpha value is -1.81. The van der Waals surface area contributed by atoms with Gasteiger partial charge in [0.05, 0.1) is 24.3 Å². The second-order valence-electron chi connectivity index (χ2n) is 5.37. The van der Waals surface area contributed by atoms with Crippen LogP contribution in [0.3, 0.4) is 0 Å². The predicted octanol–water partition coefficient (Wildman–Crippen LogP) is 2.32. The summed E-state index contributed by atoms with van der Waals surface area (Å²) >= 11 is 0. The molecule has 100 valence electrons. The fraction of sp³-hybridized carbons (Fsp3) is 0.400. The van der Waals surface area contributed by atoms with E-state index in [0.717, 1.165) is 22.2 Å². The number of hydrogen-bond acceptors (Lipinski definition) is 4. The number of para-hydroxylation sites is 1. The third-order valence-electron chi connectivity index (χ3n) is 3.67. The van der Waals surface area contributed by atoms with Gasteiger partial charge in [-0.1, -0.05) is 12.1 Å². The van der Waals surface area contributed by atoms with Gasteiger partial charge in [0, 0.05) is 11.8 Å². The van der Waals surface area contributed by atoms with Crippen molar-refractivity contribution in [3.63, 3.8) is 0 Å². The summed E-state index contributed by atoms with van der Waals surface area (Å²) in [5, 5.41) is 11.1. The number of aliphatic hydroxyl groups is 1. The summed E-state index contributed by atoms with van der Waals surface area (Å²) in [5.41, 5.74) is 1.05. The van der Waals surface area contributed by atoms with Crippen LogP contribution in [0.4, 0.5) is 0 Å². The lowest BCUT2D eigenvalue weighted by molar-refractivity contribution is -0.0445. The monoisotopic (exact) mass is 259 g/mol. The molecule has 0 fully saturated rings. The average Bonchev–Trinajstić information content (AvgIpc) is 2.37. The van der Waals surface area contributed by atoms with E-state index in [1.54, 1.807) is 7.11 Å². The summed E-state index contributed by atoms with van der Waals surface area (Å²) < 4.78 is 11.4. The third-order valence-corrected chi connectivity index (χ3v) is 3.67. The Morgan fingerprint density at radius 3 is 2.84 bits per heavy atom. The van der Waals surface area contributed by atoms with E-state index in [0.29, 0.717) is 12.3 Å². The Kier molecular flexibility index (Phi) is 2.64. The minimum Gasteiger partial charge on any atom is -0.496 e. The van der Waals surface area contributed by atoms with Crippen molar-refractivity contribution in [2.45, 2.75) is 32.0 Å². The number of fused-ring (bicyclic) bond motifs is 2. The van der Waals surface area contributed by atoms with Crippen molar-refractivity contribution >= 4 is 10.9 Å². The largest absolute Gasteiger partial charge is 0.496 e. The highest BCUT2D eigenvalue weighted by molar-refractivity contribution is 5.87. The first-order valence-electron chi connectivity index (χ1n) is 6.35. The molecule has 4 heteroatoms. The maximum atomic E-state index is 10.2. The molecule has 2 heterocycles. The normalized spacial score (nSPS) is 20.7. The minimum atomic E-state index is -0.631. The lowest BCUT2D eigenvalue weighted by atomic mass is 9.91. The van der Waals surface area contributed by atoms with Crippen molar-refractivity contribution < 1.29 is 14.6 Å². The molecular formula is C15H17NO3. The fourth-order valence-corrected chi connectivity index (χ4v) is 2.45. The summed E-state index contributed by atoms with van der Waals surface area (Å²) in [6.45, 7) is 3.73. The van der Waals surface area contributed by atoms with Crippen molar-refractivity contribution in [1.82, 2.24) is 4.98 Å². The van der Waals surface area contributed by atoms with Crippen molar-refractivity contribution in [3.05, 3.63) is 29.8 Å². The van der Waals surface area contributed by atoms with Gasteiger partial charge in [-0.2, -0.15) is 0 Å². The van der Waals surface area contributed by atoms with Crippen molar-refractivity contribution in [3.8, 4) is 11.6 Å². The smallest absolute Gasteiger partial charge is 0.221 e. The Morgan fingerprint density at radius 1 is 1.37 bits per heavy atom. The molecule has 0 spiro atoms. The highest BCUT2D eigenvalue weighted by Gasteiger charge is 2.38. The van der Waals surface area contributed by atoms with Crippen LogP contribution in [-0.2, 0) is 6.42 Å². The van der Waals surface area contributed by atoms with Gasteiger partial charge in [0.2, 0.25) is 5.88 Å².